The van der Waals surface area contributed by atoms with Crippen molar-refractivity contribution in [2.75, 3.05) is 44.6 Å². The Morgan fingerprint density at radius 3 is 2.42 bits per heavy atom. The van der Waals surface area contributed by atoms with E-state index in [1.165, 1.54) is 0 Å². The zero-order chi connectivity index (χ0) is 34.9. The third-order valence-corrected chi connectivity index (χ3v) is 10.9. The second-order valence-electron chi connectivity index (χ2n) is 13.9. The molecule has 7 rings (SSSR count). The molecule has 1 unspecified atom stereocenters. The molecule has 266 valence electrons. The minimum absolute atomic E-state index is 0.0332. The van der Waals surface area contributed by atoms with Gasteiger partial charge < -0.3 is 34.3 Å². The van der Waals surface area contributed by atoms with E-state index in [0.717, 1.165) is 36.2 Å². The van der Waals surface area contributed by atoms with Crippen molar-refractivity contribution < 1.29 is 33.4 Å². The van der Waals surface area contributed by atoms with Crippen LogP contribution in [0.4, 0.5) is 15.3 Å². The number of urea groups is 1. The van der Waals surface area contributed by atoms with Crippen molar-refractivity contribution in [1.82, 2.24) is 24.6 Å². The number of ether oxygens (including phenoxy) is 1. The number of anilines is 1. The lowest BCUT2D eigenvalue weighted by molar-refractivity contribution is -0.146. The maximum atomic E-state index is 14.1. The van der Waals surface area contributed by atoms with E-state index in [2.05, 4.69) is 15.2 Å². The first-order valence-corrected chi connectivity index (χ1v) is 17.7. The third-order valence-electron chi connectivity index (χ3n) is 10.9. The monoisotopic (exact) mass is 688 g/mol. The molecule has 3 saturated heterocycles. The third kappa shape index (κ3) is 6.93. The Kier molecular flexibility index (Phi) is 9.54. The zero-order valence-corrected chi connectivity index (χ0v) is 28.3. The zero-order valence-electron chi connectivity index (χ0n) is 28.3. The van der Waals surface area contributed by atoms with Gasteiger partial charge in [-0.25, -0.2) is 14.4 Å². The normalized spacial score (nSPS) is 21.5. The molecule has 0 spiro atoms. The number of hydrogen-bond acceptors (Lipinski definition) is 8. The van der Waals surface area contributed by atoms with Crippen LogP contribution in [-0.2, 0) is 27.2 Å². The van der Waals surface area contributed by atoms with Crippen molar-refractivity contribution in [2.45, 2.75) is 82.5 Å². The molecule has 2 atom stereocenters. The molecule has 50 heavy (non-hydrogen) atoms. The molecule has 0 bridgehead atoms. The van der Waals surface area contributed by atoms with Crippen LogP contribution in [-0.4, -0.2) is 117 Å². The van der Waals surface area contributed by atoms with Gasteiger partial charge in [0.25, 0.3) is 5.91 Å². The Labute approximate surface area is 289 Å². The van der Waals surface area contributed by atoms with E-state index in [9.17, 15) is 29.1 Å². The number of aromatic nitrogens is 1. The van der Waals surface area contributed by atoms with Crippen LogP contribution in [0.1, 0.15) is 55.2 Å². The molecule has 1 aromatic heterocycles. The molecule has 4 aliphatic rings. The second kappa shape index (κ2) is 14.2. The van der Waals surface area contributed by atoms with Crippen LogP contribution in [0.5, 0.6) is 0 Å². The number of carbonyl (C=O) groups excluding carboxylic acids is 3. The number of benzene rings is 2. The predicted octanol–water partition coefficient (Wildman–Crippen LogP) is 3.57. The van der Waals surface area contributed by atoms with E-state index in [1.807, 2.05) is 42.2 Å². The molecule has 5 heterocycles. The lowest BCUT2D eigenvalue weighted by Crippen LogP contribution is -2.53. The molecule has 14 heteroatoms. The standard InChI is InChI=1S/C36H44N6O8/c1-22-19-23(20-29-31(22)38-35(47)49-29)21-30(32(43)39-14-9-25(10-15-39)41-13-4-7-28(41)33(44)45)50-36(48)40-16-11-26(12-17-40)42-18-8-24-5-2-3-6-27(24)37-34(42)46/h2-3,5-6,19-20,25-26,28,30H,4,7-18,21H2,1H3,(H,37,46)(H,38,47)(H,44,45)/t28?,30-/m1/s1. The molecule has 0 radical (unpaired) electrons. The average Bonchev–Trinajstić information content (AvgIpc) is 3.72. The van der Waals surface area contributed by atoms with Gasteiger partial charge in [-0.15, -0.1) is 0 Å². The lowest BCUT2D eigenvalue weighted by atomic mass is 9.99. The summed E-state index contributed by atoms with van der Waals surface area (Å²) in [6.07, 6.45) is 3.05. The molecule has 3 N–H and O–H groups in total. The van der Waals surface area contributed by atoms with Crippen molar-refractivity contribution >= 4 is 40.8 Å². The number of likely N-dealkylation sites (tertiary alicyclic amines) is 3. The van der Waals surface area contributed by atoms with E-state index < -0.39 is 30.0 Å². The van der Waals surface area contributed by atoms with Gasteiger partial charge in [-0.2, -0.15) is 0 Å². The van der Waals surface area contributed by atoms with Gasteiger partial charge in [-0.1, -0.05) is 24.3 Å². The number of nitrogens with one attached hydrogen (secondary N) is 2. The fourth-order valence-electron chi connectivity index (χ4n) is 8.21. The number of aromatic amines is 1. The van der Waals surface area contributed by atoms with Crippen molar-refractivity contribution in [2.24, 2.45) is 0 Å². The highest BCUT2D eigenvalue weighted by Crippen LogP contribution is 2.29. The van der Waals surface area contributed by atoms with Crippen LogP contribution in [0.2, 0.25) is 0 Å². The summed E-state index contributed by atoms with van der Waals surface area (Å²) >= 11 is 0. The molecular formula is C36H44N6O8. The maximum Gasteiger partial charge on any atom is 0.417 e. The number of carboxylic acids is 1. The molecule has 3 fully saturated rings. The number of carbonyl (C=O) groups is 4. The highest BCUT2D eigenvalue weighted by Gasteiger charge is 2.39. The van der Waals surface area contributed by atoms with Crippen molar-refractivity contribution in [1.29, 1.82) is 0 Å². The SMILES string of the molecule is Cc1cc(C[C@@H](OC(=O)N2CCC(N3CCc4ccccc4NC3=O)CC2)C(=O)N2CCC(N3CCCC3C(=O)O)CC2)cc2oc(=O)[nH]c12. The van der Waals surface area contributed by atoms with Crippen LogP contribution < -0.4 is 11.1 Å². The number of amides is 4. The van der Waals surface area contributed by atoms with Crippen LogP contribution in [0.15, 0.2) is 45.6 Å². The van der Waals surface area contributed by atoms with Gasteiger partial charge >= 0.3 is 23.8 Å². The number of nitrogens with zero attached hydrogens (tertiary/aromatic N) is 4. The van der Waals surface area contributed by atoms with Crippen LogP contribution in [0.3, 0.4) is 0 Å². The van der Waals surface area contributed by atoms with E-state index in [1.54, 1.807) is 15.9 Å². The number of aliphatic carboxylic acids is 1. The first-order chi connectivity index (χ1) is 24.1. The summed E-state index contributed by atoms with van der Waals surface area (Å²) in [5.74, 6) is -1.68. The highest BCUT2D eigenvalue weighted by atomic mass is 16.6. The Balaban J connectivity index is 1.02. The predicted molar refractivity (Wildman–Crippen MR) is 183 cm³/mol. The van der Waals surface area contributed by atoms with Crippen LogP contribution in [0, 0.1) is 6.92 Å². The maximum absolute atomic E-state index is 14.1. The number of rotatable bonds is 7. The van der Waals surface area contributed by atoms with Gasteiger partial charge in [0.15, 0.2) is 11.7 Å². The number of oxazole rings is 1. The van der Waals surface area contributed by atoms with Gasteiger partial charge in [0.2, 0.25) is 0 Å². The van der Waals surface area contributed by atoms with E-state index in [0.29, 0.717) is 81.5 Å². The number of piperidine rings is 2. The first-order valence-electron chi connectivity index (χ1n) is 17.7. The van der Waals surface area contributed by atoms with Crippen LogP contribution in [0.25, 0.3) is 11.1 Å². The second-order valence-corrected chi connectivity index (χ2v) is 13.9. The van der Waals surface area contributed by atoms with E-state index in [4.69, 9.17) is 9.15 Å². The van der Waals surface area contributed by atoms with Crippen molar-refractivity contribution in [3.63, 3.8) is 0 Å². The fraction of sp³-hybridized carbons (Fsp3) is 0.528. The molecule has 2 aromatic carbocycles. The van der Waals surface area contributed by atoms with Crippen molar-refractivity contribution in [3.05, 3.63) is 63.6 Å². The summed E-state index contributed by atoms with van der Waals surface area (Å²) in [5, 5.41) is 12.7. The minimum Gasteiger partial charge on any atom is -0.480 e. The van der Waals surface area contributed by atoms with E-state index in [-0.39, 0.29) is 30.4 Å². The summed E-state index contributed by atoms with van der Waals surface area (Å²) in [6.45, 7) is 4.78. The number of H-pyrrole nitrogens is 1. The summed E-state index contributed by atoms with van der Waals surface area (Å²) in [5.41, 5.74) is 4.32. The number of carboxylic acid groups (broad SMARTS) is 1. The largest absolute Gasteiger partial charge is 0.480 e. The molecule has 0 aliphatic carbocycles. The number of aryl methyl sites for hydroxylation is 1. The summed E-state index contributed by atoms with van der Waals surface area (Å²) in [6, 6.07) is 10.8. The van der Waals surface area contributed by atoms with Crippen LogP contribution >= 0.6 is 0 Å². The first kappa shape index (κ1) is 33.6. The fourth-order valence-corrected chi connectivity index (χ4v) is 8.21. The van der Waals surface area contributed by atoms with Gasteiger partial charge in [-0.05, 0) is 87.2 Å². The van der Waals surface area contributed by atoms with Crippen molar-refractivity contribution in [3.8, 4) is 0 Å². The summed E-state index contributed by atoms with van der Waals surface area (Å²) in [7, 11) is 0. The van der Waals surface area contributed by atoms with Gasteiger partial charge in [-0.3, -0.25) is 19.5 Å². The topological polar surface area (TPSA) is 169 Å². The molecular weight excluding hydrogens is 644 g/mol. The summed E-state index contributed by atoms with van der Waals surface area (Å²) in [4.78, 5) is 74.4. The Morgan fingerprint density at radius 1 is 0.940 bits per heavy atom. The number of hydrogen-bond donors (Lipinski definition) is 3. The highest BCUT2D eigenvalue weighted by molar-refractivity contribution is 5.91. The van der Waals surface area contributed by atoms with Gasteiger partial charge in [0.1, 0.15) is 6.04 Å². The summed E-state index contributed by atoms with van der Waals surface area (Å²) < 4.78 is 11.3. The quantitative estimate of drug-likeness (QED) is 0.336. The van der Waals surface area contributed by atoms with Gasteiger partial charge in [0, 0.05) is 56.9 Å². The van der Waals surface area contributed by atoms with E-state index >= 15 is 0 Å². The molecule has 4 amide bonds. The smallest absolute Gasteiger partial charge is 0.417 e. The number of fused-ring (bicyclic) bond motifs is 2. The molecule has 0 saturated carbocycles. The minimum atomic E-state index is -1.12. The number of para-hydroxylation sites is 1. The Hall–Kier alpha value is -4.85. The molecule has 14 nitrogen and oxygen atoms in total. The van der Waals surface area contributed by atoms with Gasteiger partial charge in [0.05, 0.1) is 5.52 Å². The Morgan fingerprint density at radius 2 is 1.66 bits per heavy atom. The average molecular weight is 689 g/mol. The molecule has 4 aliphatic heterocycles. The lowest BCUT2D eigenvalue weighted by Gasteiger charge is -2.40. The Bertz CT molecular complexity index is 1820. The molecule has 3 aromatic rings.